The molecule has 0 spiro atoms. The second-order valence-corrected chi connectivity index (χ2v) is 9.96. The Morgan fingerprint density at radius 2 is 1.75 bits per heavy atom. The van der Waals surface area contributed by atoms with Crippen LogP contribution in [0.3, 0.4) is 0 Å². The summed E-state index contributed by atoms with van der Waals surface area (Å²) in [5.74, 6) is 0.435. The van der Waals surface area contributed by atoms with E-state index in [1.165, 1.54) is 11.8 Å². The molecule has 1 heterocycles. The molecule has 0 radical (unpaired) electrons. The van der Waals surface area contributed by atoms with E-state index in [1.807, 2.05) is 18.2 Å². The number of aromatic nitrogens is 1. The molecule has 176 valence electrons. The van der Waals surface area contributed by atoms with E-state index >= 15 is 0 Å². The van der Waals surface area contributed by atoms with Crippen molar-refractivity contribution < 1.29 is 26.3 Å². The fourth-order valence-electron chi connectivity index (χ4n) is 4.03. The highest BCUT2D eigenvalue weighted by atomic mass is 32.2. The number of benzene rings is 1. The molecule has 1 unspecified atom stereocenters. The normalized spacial score (nSPS) is 20.8. The van der Waals surface area contributed by atoms with Gasteiger partial charge in [0.25, 0.3) is 5.56 Å². The lowest BCUT2D eigenvalue weighted by Crippen LogP contribution is -2.39. The molecule has 1 aliphatic rings. The second kappa shape index (κ2) is 10.2. The van der Waals surface area contributed by atoms with Crippen LogP contribution in [0.1, 0.15) is 48.8 Å². The number of halogens is 3. The molecule has 1 saturated carbocycles. The summed E-state index contributed by atoms with van der Waals surface area (Å²) < 4.78 is 71.7. The zero-order chi connectivity index (χ0) is 23.4. The van der Waals surface area contributed by atoms with Crippen LogP contribution in [0.25, 0.3) is 0 Å². The van der Waals surface area contributed by atoms with Gasteiger partial charge in [-0.1, -0.05) is 30.3 Å². The lowest BCUT2D eigenvalue weighted by atomic mass is 9.83. The largest absolute Gasteiger partial charge is 0.421 e. The highest BCUT2D eigenvalue weighted by Crippen LogP contribution is 2.34. The topological polar surface area (TPSA) is 77.4 Å². The van der Waals surface area contributed by atoms with Crippen molar-refractivity contribution in [1.29, 1.82) is 0 Å². The van der Waals surface area contributed by atoms with E-state index in [2.05, 4.69) is 16.9 Å². The molecular weight excluding hydrogens is 445 g/mol. The minimum absolute atomic E-state index is 0.0790. The van der Waals surface area contributed by atoms with E-state index in [9.17, 15) is 26.4 Å². The molecule has 0 aliphatic heterocycles. The summed E-state index contributed by atoms with van der Waals surface area (Å²) in [4.78, 5) is 12.4. The molecule has 0 amide bonds. The molecular formula is C22H27F3N2O4S. The van der Waals surface area contributed by atoms with Crippen LogP contribution in [0.5, 0.6) is 0 Å². The van der Waals surface area contributed by atoms with Gasteiger partial charge in [-0.2, -0.15) is 13.2 Å². The van der Waals surface area contributed by atoms with Crippen molar-refractivity contribution in [3.63, 3.8) is 0 Å². The number of nitrogens with zero attached hydrogens (tertiary/aromatic N) is 1. The number of pyridine rings is 1. The molecule has 1 aromatic carbocycles. The number of alkyl halides is 3. The lowest BCUT2D eigenvalue weighted by Gasteiger charge is -2.30. The van der Waals surface area contributed by atoms with Gasteiger partial charge in [-0.05, 0) is 49.3 Å². The van der Waals surface area contributed by atoms with Crippen LogP contribution < -0.4 is 10.3 Å². The average molecular weight is 473 g/mol. The van der Waals surface area contributed by atoms with Gasteiger partial charge in [-0.15, -0.1) is 0 Å². The van der Waals surface area contributed by atoms with E-state index in [0.717, 1.165) is 42.6 Å². The van der Waals surface area contributed by atoms with Crippen LogP contribution in [0, 0.1) is 0 Å². The Labute approximate surface area is 185 Å². The summed E-state index contributed by atoms with van der Waals surface area (Å²) in [5, 5.41) is 0. The molecule has 6 nitrogen and oxygen atoms in total. The van der Waals surface area contributed by atoms with Crippen molar-refractivity contribution >= 4 is 10.0 Å². The van der Waals surface area contributed by atoms with Gasteiger partial charge >= 0.3 is 6.18 Å². The Morgan fingerprint density at radius 1 is 1.09 bits per heavy atom. The Kier molecular flexibility index (Phi) is 7.79. The summed E-state index contributed by atoms with van der Waals surface area (Å²) in [6, 6.07) is 11.1. The van der Waals surface area contributed by atoms with Gasteiger partial charge in [0.2, 0.25) is 10.0 Å². The molecule has 1 fully saturated rings. The standard InChI is InChI=1S/C22H27F3N2O4S/c1-32(29,30)26-14-18(27-13-5-8-20(21(27)28)22(23,24)25)15-31-19-11-9-17(10-12-19)16-6-3-2-4-7-16/h2-8,13,17-19,26H,9-12,14-15H2,1H3. The van der Waals surface area contributed by atoms with Gasteiger partial charge in [-0.3, -0.25) is 4.79 Å². The molecule has 1 N–H and O–H groups in total. The minimum Gasteiger partial charge on any atom is -0.376 e. The van der Waals surface area contributed by atoms with Crippen LogP contribution in [-0.4, -0.2) is 38.5 Å². The molecule has 1 aliphatic carbocycles. The highest BCUT2D eigenvalue weighted by Gasteiger charge is 2.35. The number of ether oxygens (including phenoxy) is 1. The summed E-state index contributed by atoms with van der Waals surface area (Å²) in [6.45, 7) is -0.330. The number of hydrogen-bond donors (Lipinski definition) is 1. The summed E-state index contributed by atoms with van der Waals surface area (Å²) in [6.07, 6.45) is 0.678. The minimum atomic E-state index is -4.80. The molecule has 1 aromatic heterocycles. The zero-order valence-corrected chi connectivity index (χ0v) is 18.5. The predicted molar refractivity (Wildman–Crippen MR) is 115 cm³/mol. The monoisotopic (exact) mass is 472 g/mol. The molecule has 2 aromatic rings. The first-order valence-electron chi connectivity index (χ1n) is 10.4. The third kappa shape index (κ3) is 6.66. The maximum Gasteiger partial charge on any atom is 0.421 e. The van der Waals surface area contributed by atoms with Crippen LogP contribution in [0.4, 0.5) is 13.2 Å². The average Bonchev–Trinajstić information content (AvgIpc) is 2.74. The lowest BCUT2D eigenvalue weighted by molar-refractivity contribution is -0.139. The summed E-state index contributed by atoms with van der Waals surface area (Å²) in [7, 11) is -3.60. The van der Waals surface area contributed by atoms with Crippen LogP contribution in [0.2, 0.25) is 0 Å². The van der Waals surface area contributed by atoms with Crippen LogP contribution in [-0.2, 0) is 20.9 Å². The van der Waals surface area contributed by atoms with Crippen molar-refractivity contribution in [3.05, 3.63) is 70.1 Å². The smallest absolute Gasteiger partial charge is 0.376 e. The quantitative estimate of drug-likeness (QED) is 0.636. The molecule has 32 heavy (non-hydrogen) atoms. The Morgan fingerprint density at radius 3 is 2.34 bits per heavy atom. The first kappa shape index (κ1) is 24.5. The van der Waals surface area contributed by atoms with Crippen LogP contribution >= 0.6 is 0 Å². The molecule has 1 atom stereocenters. The van der Waals surface area contributed by atoms with E-state index in [1.54, 1.807) is 0 Å². The molecule has 10 heteroatoms. The summed E-state index contributed by atoms with van der Waals surface area (Å²) >= 11 is 0. The first-order valence-corrected chi connectivity index (χ1v) is 12.3. The van der Waals surface area contributed by atoms with E-state index < -0.39 is 33.4 Å². The van der Waals surface area contributed by atoms with Crippen molar-refractivity contribution in [2.45, 2.75) is 49.9 Å². The van der Waals surface area contributed by atoms with Gasteiger partial charge in [-0.25, -0.2) is 13.1 Å². The number of rotatable bonds is 8. The van der Waals surface area contributed by atoms with Gasteiger partial charge in [0.15, 0.2) is 0 Å². The van der Waals surface area contributed by atoms with Gasteiger partial charge < -0.3 is 9.30 Å². The maximum absolute atomic E-state index is 13.2. The van der Waals surface area contributed by atoms with E-state index in [0.29, 0.717) is 12.0 Å². The molecule has 0 saturated heterocycles. The summed E-state index contributed by atoms with van der Waals surface area (Å²) in [5.41, 5.74) is -1.25. The first-order chi connectivity index (χ1) is 15.0. The Hall–Kier alpha value is -2.17. The van der Waals surface area contributed by atoms with Crippen molar-refractivity contribution in [3.8, 4) is 0 Å². The second-order valence-electron chi connectivity index (χ2n) is 8.12. The fraction of sp³-hybridized carbons (Fsp3) is 0.500. The molecule has 3 rings (SSSR count). The number of nitrogens with one attached hydrogen (secondary N) is 1. The van der Waals surface area contributed by atoms with Gasteiger partial charge in [0.1, 0.15) is 5.56 Å². The van der Waals surface area contributed by atoms with Gasteiger partial charge in [0, 0.05) is 12.7 Å². The molecule has 0 bridgehead atoms. The maximum atomic E-state index is 13.2. The Bertz CT molecular complexity index is 1050. The number of hydrogen-bond acceptors (Lipinski definition) is 4. The zero-order valence-electron chi connectivity index (χ0n) is 17.7. The highest BCUT2D eigenvalue weighted by molar-refractivity contribution is 7.88. The fourth-order valence-corrected chi connectivity index (χ4v) is 4.53. The Balaban J connectivity index is 1.69. The van der Waals surface area contributed by atoms with E-state index in [4.69, 9.17) is 4.74 Å². The third-order valence-electron chi connectivity index (χ3n) is 5.72. The SMILES string of the molecule is CS(=O)(=O)NCC(COC1CCC(c2ccccc2)CC1)n1cccc(C(F)(F)F)c1=O. The van der Waals surface area contributed by atoms with Crippen LogP contribution in [0.15, 0.2) is 53.5 Å². The van der Waals surface area contributed by atoms with Crippen molar-refractivity contribution in [2.75, 3.05) is 19.4 Å². The van der Waals surface area contributed by atoms with E-state index in [-0.39, 0.29) is 19.3 Å². The predicted octanol–water partition coefficient (Wildman–Crippen LogP) is 3.70. The van der Waals surface area contributed by atoms with Crippen molar-refractivity contribution in [1.82, 2.24) is 9.29 Å². The number of sulfonamides is 1. The van der Waals surface area contributed by atoms with Gasteiger partial charge in [0.05, 0.1) is 25.0 Å². The van der Waals surface area contributed by atoms with Crippen molar-refractivity contribution in [2.24, 2.45) is 0 Å². The third-order valence-corrected chi connectivity index (χ3v) is 6.41.